The Balaban J connectivity index is 1.71. The fraction of sp³-hybridized carbons (Fsp3) is 0.647. The monoisotopic (exact) mass is 259 g/mol. The molecule has 1 aromatic rings. The zero-order valence-corrected chi connectivity index (χ0v) is 12.1. The zero-order chi connectivity index (χ0) is 13.2. The molecule has 2 aliphatic carbocycles. The molecule has 104 valence electrons. The van der Waals surface area contributed by atoms with E-state index >= 15 is 0 Å². The third-order valence-corrected chi connectivity index (χ3v) is 4.74. The number of hydrogen-bond acceptors (Lipinski definition) is 2. The van der Waals surface area contributed by atoms with Crippen LogP contribution in [0, 0.1) is 5.92 Å². The van der Waals surface area contributed by atoms with E-state index in [0.717, 1.165) is 12.3 Å². The Kier molecular flexibility index (Phi) is 3.90. The molecule has 0 spiro atoms. The normalized spacial score (nSPS) is 21.2. The summed E-state index contributed by atoms with van der Waals surface area (Å²) in [5, 5.41) is 3.47. The summed E-state index contributed by atoms with van der Waals surface area (Å²) in [4.78, 5) is 0. The van der Waals surface area contributed by atoms with Crippen molar-refractivity contribution in [2.75, 3.05) is 14.2 Å². The summed E-state index contributed by atoms with van der Waals surface area (Å²) in [6.45, 7) is 0. The van der Waals surface area contributed by atoms with E-state index in [-0.39, 0.29) is 0 Å². The van der Waals surface area contributed by atoms with Crippen molar-refractivity contribution in [1.29, 1.82) is 0 Å². The fourth-order valence-corrected chi connectivity index (χ4v) is 3.50. The highest BCUT2D eigenvalue weighted by molar-refractivity contribution is 5.35. The van der Waals surface area contributed by atoms with Gasteiger partial charge in [0.25, 0.3) is 0 Å². The van der Waals surface area contributed by atoms with Gasteiger partial charge < -0.3 is 10.1 Å². The van der Waals surface area contributed by atoms with Crippen molar-refractivity contribution in [3.05, 3.63) is 34.9 Å². The number of benzene rings is 1. The minimum absolute atomic E-state index is 0.373. The number of ether oxygens (including phenoxy) is 1. The molecule has 0 aromatic heterocycles. The van der Waals surface area contributed by atoms with Gasteiger partial charge in [-0.25, -0.2) is 0 Å². The predicted octanol–water partition coefficient (Wildman–Crippen LogP) is 2.73. The Bertz CT molecular complexity index is 439. The molecule has 2 aliphatic rings. The summed E-state index contributed by atoms with van der Waals surface area (Å²) in [6.07, 6.45) is 7.99. The highest BCUT2D eigenvalue weighted by atomic mass is 16.5. The van der Waals surface area contributed by atoms with Gasteiger partial charge in [0.2, 0.25) is 0 Å². The van der Waals surface area contributed by atoms with E-state index in [1.54, 1.807) is 11.1 Å². The standard InChI is InChI=1S/C17H25NO/c1-18-16(17(19-2)14-8-9-14)11-12-6-7-13-4-3-5-15(13)10-12/h6-7,10,14,16-18H,3-5,8-9,11H2,1-2H3. The van der Waals surface area contributed by atoms with Crippen LogP contribution in [-0.4, -0.2) is 26.3 Å². The van der Waals surface area contributed by atoms with E-state index in [4.69, 9.17) is 4.74 Å². The maximum Gasteiger partial charge on any atom is 0.0755 e. The number of nitrogens with one attached hydrogen (secondary N) is 1. The van der Waals surface area contributed by atoms with Crippen LogP contribution in [-0.2, 0) is 24.0 Å². The summed E-state index contributed by atoms with van der Waals surface area (Å²) < 4.78 is 5.73. The van der Waals surface area contributed by atoms with Gasteiger partial charge in [-0.1, -0.05) is 18.2 Å². The van der Waals surface area contributed by atoms with Gasteiger partial charge in [0.1, 0.15) is 0 Å². The maximum atomic E-state index is 5.73. The van der Waals surface area contributed by atoms with Crippen LogP contribution in [0.25, 0.3) is 0 Å². The summed E-state index contributed by atoms with van der Waals surface area (Å²) in [7, 11) is 3.92. The Morgan fingerprint density at radius 2 is 2.05 bits per heavy atom. The van der Waals surface area contributed by atoms with Crippen molar-refractivity contribution in [3.8, 4) is 0 Å². The van der Waals surface area contributed by atoms with Crippen molar-refractivity contribution in [1.82, 2.24) is 5.32 Å². The Labute approximate surface area is 116 Å². The van der Waals surface area contributed by atoms with Gasteiger partial charge in [0.15, 0.2) is 0 Å². The molecule has 2 nitrogen and oxygen atoms in total. The van der Waals surface area contributed by atoms with Gasteiger partial charge >= 0.3 is 0 Å². The third kappa shape index (κ3) is 2.85. The van der Waals surface area contributed by atoms with E-state index in [1.165, 1.54) is 37.7 Å². The number of likely N-dealkylation sites (N-methyl/N-ethyl adjacent to an activating group) is 1. The maximum absolute atomic E-state index is 5.73. The van der Waals surface area contributed by atoms with Crippen LogP contribution in [0.15, 0.2) is 18.2 Å². The quantitative estimate of drug-likeness (QED) is 0.848. The minimum atomic E-state index is 0.373. The van der Waals surface area contributed by atoms with Crippen molar-refractivity contribution in [2.24, 2.45) is 5.92 Å². The number of methoxy groups -OCH3 is 1. The second kappa shape index (κ2) is 5.64. The molecule has 0 amide bonds. The molecule has 2 atom stereocenters. The number of fused-ring (bicyclic) bond motifs is 1. The van der Waals surface area contributed by atoms with Crippen molar-refractivity contribution in [2.45, 2.75) is 50.7 Å². The van der Waals surface area contributed by atoms with Crippen molar-refractivity contribution < 1.29 is 4.74 Å². The van der Waals surface area contributed by atoms with Gasteiger partial charge in [-0.3, -0.25) is 0 Å². The van der Waals surface area contributed by atoms with Crippen molar-refractivity contribution in [3.63, 3.8) is 0 Å². The second-order valence-electron chi connectivity index (χ2n) is 6.09. The lowest BCUT2D eigenvalue weighted by molar-refractivity contribution is 0.0534. The number of aryl methyl sites for hydroxylation is 2. The second-order valence-corrected chi connectivity index (χ2v) is 6.09. The van der Waals surface area contributed by atoms with Crippen LogP contribution in [0.3, 0.4) is 0 Å². The summed E-state index contributed by atoms with van der Waals surface area (Å²) >= 11 is 0. The fourth-order valence-electron chi connectivity index (χ4n) is 3.50. The van der Waals surface area contributed by atoms with Gasteiger partial charge in [0, 0.05) is 13.2 Å². The van der Waals surface area contributed by atoms with Gasteiger partial charge in [-0.05, 0) is 68.2 Å². The van der Waals surface area contributed by atoms with Crippen LogP contribution in [0.5, 0.6) is 0 Å². The first-order valence-corrected chi connectivity index (χ1v) is 7.62. The van der Waals surface area contributed by atoms with Crippen molar-refractivity contribution >= 4 is 0 Å². The zero-order valence-electron chi connectivity index (χ0n) is 12.1. The Morgan fingerprint density at radius 1 is 1.26 bits per heavy atom. The molecular formula is C17H25NO. The smallest absolute Gasteiger partial charge is 0.0755 e. The number of rotatable bonds is 6. The molecule has 0 saturated heterocycles. The first-order chi connectivity index (χ1) is 9.31. The molecule has 3 rings (SSSR count). The lowest BCUT2D eigenvalue weighted by Crippen LogP contribution is -2.42. The van der Waals surface area contributed by atoms with E-state index in [0.29, 0.717) is 12.1 Å². The van der Waals surface area contributed by atoms with Crippen LogP contribution in [0.1, 0.15) is 36.0 Å². The highest BCUT2D eigenvalue weighted by Gasteiger charge is 2.36. The van der Waals surface area contributed by atoms with Crippen LogP contribution in [0.2, 0.25) is 0 Å². The molecule has 1 aromatic carbocycles. The van der Waals surface area contributed by atoms with E-state index < -0.39 is 0 Å². The predicted molar refractivity (Wildman–Crippen MR) is 78.5 cm³/mol. The Morgan fingerprint density at radius 3 is 2.74 bits per heavy atom. The summed E-state index contributed by atoms with van der Waals surface area (Å²) in [5.74, 6) is 0.775. The SMILES string of the molecule is CNC(Cc1ccc2c(c1)CCC2)C(OC)C1CC1. The van der Waals surface area contributed by atoms with E-state index in [2.05, 4.69) is 30.6 Å². The highest BCUT2D eigenvalue weighted by Crippen LogP contribution is 2.36. The molecule has 1 saturated carbocycles. The molecule has 0 bridgehead atoms. The lowest BCUT2D eigenvalue weighted by Gasteiger charge is -2.26. The topological polar surface area (TPSA) is 21.3 Å². The molecule has 0 aliphatic heterocycles. The molecule has 19 heavy (non-hydrogen) atoms. The largest absolute Gasteiger partial charge is 0.380 e. The average molecular weight is 259 g/mol. The molecule has 2 unspecified atom stereocenters. The number of hydrogen-bond donors (Lipinski definition) is 1. The molecule has 0 radical (unpaired) electrons. The van der Waals surface area contributed by atoms with E-state index in [9.17, 15) is 0 Å². The van der Waals surface area contributed by atoms with Crippen LogP contribution >= 0.6 is 0 Å². The average Bonchev–Trinajstić information content (AvgIpc) is 3.15. The first-order valence-electron chi connectivity index (χ1n) is 7.62. The Hall–Kier alpha value is -0.860. The van der Waals surface area contributed by atoms with Gasteiger partial charge in [-0.2, -0.15) is 0 Å². The summed E-state index contributed by atoms with van der Waals surface area (Å²) in [5.41, 5.74) is 4.60. The van der Waals surface area contributed by atoms with Crippen LogP contribution < -0.4 is 5.32 Å². The molecular weight excluding hydrogens is 234 g/mol. The molecule has 1 fully saturated rings. The molecule has 0 heterocycles. The van der Waals surface area contributed by atoms with Crippen LogP contribution in [0.4, 0.5) is 0 Å². The third-order valence-electron chi connectivity index (χ3n) is 4.74. The molecule has 2 heteroatoms. The minimum Gasteiger partial charge on any atom is -0.380 e. The van der Waals surface area contributed by atoms with Gasteiger partial charge in [0.05, 0.1) is 6.10 Å². The lowest BCUT2D eigenvalue weighted by atomic mass is 9.96. The van der Waals surface area contributed by atoms with Gasteiger partial charge in [-0.15, -0.1) is 0 Å². The summed E-state index contributed by atoms with van der Waals surface area (Å²) in [6, 6.07) is 7.51. The first kappa shape index (κ1) is 13.1. The molecule has 1 N–H and O–H groups in total. The van der Waals surface area contributed by atoms with E-state index in [1.807, 2.05) is 7.11 Å².